The molecule has 9 heteroatoms. The summed E-state index contributed by atoms with van der Waals surface area (Å²) in [6, 6.07) is 10.7. The summed E-state index contributed by atoms with van der Waals surface area (Å²) in [6.07, 6.45) is 1.68. The van der Waals surface area contributed by atoms with E-state index in [2.05, 4.69) is 0 Å². The zero-order valence-corrected chi connectivity index (χ0v) is 16.9. The Morgan fingerprint density at radius 2 is 1.97 bits per heavy atom. The molecule has 1 aromatic heterocycles. The highest BCUT2D eigenvalue weighted by atomic mass is 16.5. The zero-order chi connectivity index (χ0) is 21.4. The minimum absolute atomic E-state index is 0.0490. The van der Waals surface area contributed by atoms with Crippen molar-refractivity contribution >= 4 is 11.8 Å². The van der Waals surface area contributed by atoms with E-state index in [1.54, 1.807) is 4.90 Å². The maximum Gasteiger partial charge on any atom is 0.278 e. The summed E-state index contributed by atoms with van der Waals surface area (Å²) in [5.41, 5.74) is 0.504. The van der Waals surface area contributed by atoms with E-state index in [4.69, 9.17) is 14.2 Å². The van der Waals surface area contributed by atoms with Gasteiger partial charge < -0.3 is 19.1 Å². The van der Waals surface area contributed by atoms with Crippen LogP contribution in [0.1, 0.15) is 28.9 Å². The van der Waals surface area contributed by atoms with Crippen molar-refractivity contribution in [3.63, 3.8) is 0 Å². The van der Waals surface area contributed by atoms with Gasteiger partial charge in [0.25, 0.3) is 11.8 Å². The average Bonchev–Trinajstić information content (AvgIpc) is 3.34. The van der Waals surface area contributed by atoms with E-state index in [0.717, 1.165) is 12.0 Å². The van der Waals surface area contributed by atoms with Crippen molar-refractivity contribution in [2.75, 3.05) is 31.4 Å². The van der Waals surface area contributed by atoms with Crippen LogP contribution in [0, 0.1) is 0 Å². The highest BCUT2D eigenvalue weighted by molar-refractivity contribution is 6.00. The van der Waals surface area contributed by atoms with Crippen molar-refractivity contribution in [3.8, 4) is 5.75 Å². The van der Waals surface area contributed by atoms with Crippen molar-refractivity contribution in [2.45, 2.75) is 31.7 Å². The van der Waals surface area contributed by atoms with Gasteiger partial charge in [0.05, 0.1) is 13.2 Å². The van der Waals surface area contributed by atoms with Crippen LogP contribution in [0.5, 0.6) is 5.75 Å². The van der Waals surface area contributed by atoms with Crippen LogP contribution in [0.2, 0.25) is 0 Å². The molecule has 0 aliphatic carbocycles. The lowest BCUT2D eigenvalue weighted by Gasteiger charge is -2.47. The van der Waals surface area contributed by atoms with E-state index in [1.165, 1.54) is 21.9 Å². The second-order valence-corrected chi connectivity index (χ2v) is 7.72. The number of nitrogens with zero attached hydrogens (tertiary/aromatic N) is 3. The zero-order valence-electron chi connectivity index (χ0n) is 16.9. The second-order valence-electron chi connectivity index (χ2n) is 7.72. The molecule has 2 atom stereocenters. The summed E-state index contributed by atoms with van der Waals surface area (Å²) < 4.78 is 18.5. The van der Waals surface area contributed by atoms with E-state index < -0.39 is 17.7 Å². The smallest absolute Gasteiger partial charge is 0.278 e. The van der Waals surface area contributed by atoms with Crippen LogP contribution in [0.4, 0.5) is 0 Å². The molecule has 9 nitrogen and oxygen atoms in total. The molecule has 0 unspecified atom stereocenters. The molecule has 0 bridgehead atoms. The lowest BCUT2D eigenvalue weighted by atomic mass is 10.1. The molecule has 0 N–H and O–H groups in total. The van der Waals surface area contributed by atoms with Gasteiger partial charge in [-0.2, -0.15) is 0 Å². The number of pyridine rings is 1. The molecule has 0 radical (unpaired) electrons. The molecule has 2 fully saturated rings. The van der Waals surface area contributed by atoms with Gasteiger partial charge in [-0.3, -0.25) is 14.4 Å². The van der Waals surface area contributed by atoms with Gasteiger partial charge in [0.1, 0.15) is 12.7 Å². The fourth-order valence-electron chi connectivity index (χ4n) is 4.24. The van der Waals surface area contributed by atoms with Gasteiger partial charge in [0.15, 0.2) is 17.6 Å². The van der Waals surface area contributed by atoms with Crippen LogP contribution in [0.15, 0.2) is 47.4 Å². The summed E-state index contributed by atoms with van der Waals surface area (Å²) >= 11 is 0. The Labute approximate surface area is 178 Å². The molecule has 1 aromatic carbocycles. The first-order chi connectivity index (χ1) is 15.1. The van der Waals surface area contributed by atoms with Gasteiger partial charge in [0, 0.05) is 25.4 Å². The molecular weight excluding hydrogens is 402 g/mol. The molecule has 3 aliphatic heterocycles. The van der Waals surface area contributed by atoms with Gasteiger partial charge in [0.2, 0.25) is 5.43 Å². The van der Waals surface area contributed by atoms with Crippen molar-refractivity contribution in [1.29, 1.82) is 0 Å². The molecule has 5 rings (SSSR count). The maximum absolute atomic E-state index is 13.4. The predicted octanol–water partition coefficient (Wildman–Crippen LogP) is 0.883. The number of hydrogen-bond acceptors (Lipinski definition) is 6. The van der Waals surface area contributed by atoms with Gasteiger partial charge in [-0.05, 0) is 18.4 Å². The van der Waals surface area contributed by atoms with Crippen molar-refractivity contribution in [3.05, 3.63) is 64.1 Å². The van der Waals surface area contributed by atoms with Crippen molar-refractivity contribution in [2.24, 2.45) is 0 Å². The third-order valence-corrected chi connectivity index (χ3v) is 5.77. The predicted molar refractivity (Wildman–Crippen MR) is 109 cm³/mol. The summed E-state index contributed by atoms with van der Waals surface area (Å²) in [5, 5.41) is 1.47. The van der Waals surface area contributed by atoms with Gasteiger partial charge in [-0.25, -0.2) is 9.69 Å². The number of aromatic nitrogens is 1. The summed E-state index contributed by atoms with van der Waals surface area (Å²) in [7, 11) is 0. The van der Waals surface area contributed by atoms with Crippen LogP contribution in [0.3, 0.4) is 0 Å². The highest BCUT2D eigenvalue weighted by Gasteiger charge is 2.46. The molecule has 4 heterocycles. The quantitative estimate of drug-likeness (QED) is 0.723. The summed E-state index contributed by atoms with van der Waals surface area (Å²) in [5.74, 6) is -0.679. The highest BCUT2D eigenvalue weighted by Crippen LogP contribution is 2.28. The molecule has 31 heavy (non-hydrogen) atoms. The Hall–Kier alpha value is -3.17. The molecule has 2 aromatic rings. The minimum atomic E-state index is -0.602. The van der Waals surface area contributed by atoms with Gasteiger partial charge >= 0.3 is 0 Å². The number of benzene rings is 1. The van der Waals surface area contributed by atoms with E-state index in [9.17, 15) is 14.4 Å². The van der Waals surface area contributed by atoms with Gasteiger partial charge in [-0.15, -0.1) is 0 Å². The Kier molecular flexibility index (Phi) is 5.21. The van der Waals surface area contributed by atoms with Crippen LogP contribution in [-0.2, 0) is 20.9 Å². The molecule has 2 saturated heterocycles. The lowest BCUT2D eigenvalue weighted by Crippen LogP contribution is -2.68. The Balaban J connectivity index is 1.57. The first kappa shape index (κ1) is 19.8. The molecule has 3 aliphatic rings. The lowest BCUT2D eigenvalue weighted by molar-refractivity contribution is -0.132. The maximum atomic E-state index is 13.4. The van der Waals surface area contributed by atoms with Crippen LogP contribution in [-0.4, -0.2) is 60.0 Å². The topological polar surface area (TPSA) is 90.3 Å². The Morgan fingerprint density at radius 1 is 1.13 bits per heavy atom. The number of morpholine rings is 1. The van der Waals surface area contributed by atoms with E-state index in [-0.39, 0.29) is 36.5 Å². The molecule has 2 amide bonds. The fourth-order valence-corrected chi connectivity index (χ4v) is 4.24. The van der Waals surface area contributed by atoms with Crippen molar-refractivity contribution < 1.29 is 23.8 Å². The summed E-state index contributed by atoms with van der Waals surface area (Å²) in [6.45, 7) is 1.53. The number of rotatable bonds is 4. The normalized spacial score (nSPS) is 22.8. The second kappa shape index (κ2) is 8.16. The number of carbonyl (C=O) groups is 2. The fraction of sp³-hybridized carbons (Fsp3) is 0.409. The number of amides is 2. The third kappa shape index (κ3) is 3.49. The third-order valence-electron chi connectivity index (χ3n) is 5.77. The van der Waals surface area contributed by atoms with E-state index in [1.807, 2.05) is 30.3 Å². The largest absolute Gasteiger partial charge is 0.482 e. The number of fused-ring (bicyclic) bond motifs is 2. The minimum Gasteiger partial charge on any atom is -0.482 e. The number of ether oxygens (including phenoxy) is 3. The number of carbonyl (C=O) groups excluding carboxylic acids is 2. The molecule has 162 valence electrons. The van der Waals surface area contributed by atoms with Crippen LogP contribution < -0.4 is 15.2 Å². The first-order valence-electron chi connectivity index (χ1n) is 10.4. The molecule has 0 spiro atoms. The molecule has 0 saturated carbocycles. The van der Waals surface area contributed by atoms with Crippen molar-refractivity contribution in [1.82, 2.24) is 9.58 Å². The monoisotopic (exact) mass is 425 g/mol. The standard InChI is InChI=1S/C22H23N3O6/c26-16-8-9-24-19(20(16)31-13-15-5-2-1-3-6-15)22(28)23-10-12-29-14-18(23)25(24)21(27)17-7-4-11-30-17/h1-3,5-6,8-9,17-18H,4,7,10-14H2/t17-,18+/m0/s1. The van der Waals surface area contributed by atoms with E-state index in [0.29, 0.717) is 26.2 Å². The van der Waals surface area contributed by atoms with E-state index >= 15 is 0 Å². The summed E-state index contributed by atoms with van der Waals surface area (Å²) in [4.78, 5) is 41.0. The molecular formula is C22H23N3O6. The van der Waals surface area contributed by atoms with Crippen LogP contribution >= 0.6 is 0 Å². The Morgan fingerprint density at radius 3 is 2.74 bits per heavy atom. The first-order valence-corrected chi connectivity index (χ1v) is 10.4. The SMILES string of the molecule is O=C1c2c(OCc3ccccc3)c(=O)ccn2N(C(=O)[C@@H]2CCCO2)[C@@H]2COCCN12. The van der Waals surface area contributed by atoms with Gasteiger partial charge in [-0.1, -0.05) is 30.3 Å². The average molecular weight is 425 g/mol. The Bertz CT molecular complexity index is 1050. The number of hydrogen-bond donors (Lipinski definition) is 0. The van der Waals surface area contributed by atoms with Crippen LogP contribution in [0.25, 0.3) is 0 Å².